The van der Waals surface area contributed by atoms with E-state index in [4.69, 9.17) is 37.4 Å². The highest BCUT2D eigenvalue weighted by atomic mass is 35.5. The second-order valence-electron chi connectivity index (χ2n) is 13.6. The largest absolute Gasteiger partial charge is 0.491 e. The van der Waals surface area contributed by atoms with Gasteiger partial charge in [-0.15, -0.1) is 5.10 Å². The molecule has 0 saturated carbocycles. The fourth-order valence-corrected chi connectivity index (χ4v) is 7.20. The highest BCUT2D eigenvalue weighted by molar-refractivity contribution is 6.35. The first-order chi connectivity index (χ1) is 25.1. The van der Waals surface area contributed by atoms with Crippen molar-refractivity contribution in [2.75, 3.05) is 49.2 Å². The molecule has 15 heteroatoms. The smallest absolute Gasteiger partial charge is 0.350 e. The third-order valence-electron chi connectivity index (χ3n) is 9.75. The summed E-state index contributed by atoms with van der Waals surface area (Å²) >= 11 is 12.9. The molecular formula is C37H43Cl2N9O4. The van der Waals surface area contributed by atoms with E-state index in [0.29, 0.717) is 28.0 Å². The minimum absolute atomic E-state index is 0.0615. The number of rotatable bonds is 12. The van der Waals surface area contributed by atoms with Crippen LogP contribution < -0.4 is 20.2 Å². The van der Waals surface area contributed by atoms with Crippen molar-refractivity contribution in [2.45, 2.75) is 64.5 Å². The fourth-order valence-electron chi connectivity index (χ4n) is 6.65. The van der Waals surface area contributed by atoms with Gasteiger partial charge in [-0.05, 0) is 84.4 Å². The first-order valence-corrected chi connectivity index (χ1v) is 18.4. The molecule has 2 fully saturated rings. The number of nitrogens with zero attached hydrogens (tertiary/aromatic N) is 9. The highest BCUT2D eigenvalue weighted by Gasteiger charge is 2.46. The number of halogens is 2. The Morgan fingerprint density at radius 3 is 2.21 bits per heavy atom. The second-order valence-corrected chi connectivity index (χ2v) is 14.4. The Labute approximate surface area is 312 Å². The van der Waals surface area contributed by atoms with E-state index in [1.165, 1.54) is 4.68 Å². The van der Waals surface area contributed by atoms with Crippen molar-refractivity contribution >= 4 is 34.6 Å². The SMILES string of the molecule is CC[C@@H](C)n1ncn(-c2ccc(N3CCN(c4ccc(OC[C@@H]5CO[C@@](Cn6nnnc6C(C)C)(c6ccc(Cl)cc6Cl)O5)cc4)CC3)cc2)c1=O. The number of anilines is 2. The molecule has 0 aliphatic carbocycles. The van der Waals surface area contributed by atoms with Gasteiger partial charge in [0.15, 0.2) is 5.82 Å². The molecule has 0 amide bonds. The molecule has 274 valence electrons. The van der Waals surface area contributed by atoms with E-state index in [1.54, 1.807) is 27.7 Å². The van der Waals surface area contributed by atoms with Crippen LogP contribution >= 0.6 is 23.2 Å². The monoisotopic (exact) mass is 747 g/mol. The van der Waals surface area contributed by atoms with Crippen molar-refractivity contribution in [1.29, 1.82) is 0 Å². The third-order valence-corrected chi connectivity index (χ3v) is 10.3. The maximum Gasteiger partial charge on any atom is 0.350 e. The molecule has 5 aromatic rings. The molecule has 2 aliphatic rings. The molecule has 0 bridgehead atoms. The van der Waals surface area contributed by atoms with Crippen LogP contribution in [0.15, 0.2) is 77.9 Å². The lowest BCUT2D eigenvalue weighted by Crippen LogP contribution is -2.46. The minimum Gasteiger partial charge on any atom is -0.491 e. The normalized spacial score (nSPS) is 19.8. The van der Waals surface area contributed by atoms with Crippen LogP contribution in [0.2, 0.25) is 10.0 Å². The van der Waals surface area contributed by atoms with Gasteiger partial charge in [0, 0.05) is 54.1 Å². The third kappa shape index (κ3) is 7.40. The summed E-state index contributed by atoms with van der Waals surface area (Å²) in [5, 5.41) is 17.5. The lowest BCUT2D eigenvalue weighted by atomic mass is 10.1. The first kappa shape index (κ1) is 36.0. The van der Waals surface area contributed by atoms with Gasteiger partial charge in [-0.1, -0.05) is 50.0 Å². The quantitative estimate of drug-likeness (QED) is 0.148. The highest BCUT2D eigenvalue weighted by Crippen LogP contribution is 2.41. The van der Waals surface area contributed by atoms with Crippen LogP contribution in [0.5, 0.6) is 5.75 Å². The van der Waals surface area contributed by atoms with Gasteiger partial charge in [0.25, 0.3) is 0 Å². The van der Waals surface area contributed by atoms with Crippen molar-refractivity contribution < 1.29 is 14.2 Å². The zero-order chi connectivity index (χ0) is 36.4. The van der Waals surface area contributed by atoms with Crippen LogP contribution in [0, 0.1) is 0 Å². The molecule has 0 radical (unpaired) electrons. The lowest BCUT2D eigenvalue weighted by molar-refractivity contribution is -0.191. The van der Waals surface area contributed by atoms with Crippen molar-refractivity contribution in [3.8, 4) is 11.4 Å². The van der Waals surface area contributed by atoms with Gasteiger partial charge in [-0.2, -0.15) is 5.10 Å². The Balaban J connectivity index is 0.941. The molecule has 7 rings (SSSR count). The van der Waals surface area contributed by atoms with Crippen LogP contribution in [-0.4, -0.2) is 80.1 Å². The van der Waals surface area contributed by atoms with E-state index in [-0.39, 0.29) is 36.9 Å². The number of aromatic nitrogens is 7. The van der Waals surface area contributed by atoms with Gasteiger partial charge in [0.1, 0.15) is 31.3 Å². The molecule has 2 aliphatic heterocycles. The Hall–Kier alpha value is -4.43. The predicted molar refractivity (Wildman–Crippen MR) is 200 cm³/mol. The zero-order valence-corrected chi connectivity index (χ0v) is 31.2. The van der Waals surface area contributed by atoms with Crippen LogP contribution in [0.25, 0.3) is 5.69 Å². The van der Waals surface area contributed by atoms with Crippen molar-refractivity contribution in [3.63, 3.8) is 0 Å². The molecule has 0 unspecified atom stereocenters. The van der Waals surface area contributed by atoms with E-state index in [0.717, 1.165) is 55.4 Å². The molecule has 3 aromatic carbocycles. The van der Waals surface area contributed by atoms with Gasteiger partial charge in [0.2, 0.25) is 5.79 Å². The summed E-state index contributed by atoms with van der Waals surface area (Å²) in [6.45, 7) is 12.4. The van der Waals surface area contributed by atoms with E-state index in [1.807, 2.05) is 58.0 Å². The summed E-state index contributed by atoms with van der Waals surface area (Å²) in [4.78, 5) is 17.6. The molecule has 2 aromatic heterocycles. The van der Waals surface area contributed by atoms with Crippen molar-refractivity contribution in [2.24, 2.45) is 0 Å². The number of hydrogen-bond donors (Lipinski definition) is 0. The van der Waals surface area contributed by atoms with E-state index in [2.05, 4.69) is 54.7 Å². The summed E-state index contributed by atoms with van der Waals surface area (Å²) in [6.07, 6.45) is 2.08. The Bertz CT molecular complexity index is 2020. The van der Waals surface area contributed by atoms with Crippen molar-refractivity contribution in [3.05, 3.63) is 105 Å². The number of benzene rings is 3. The Morgan fingerprint density at radius 1 is 0.923 bits per heavy atom. The van der Waals surface area contributed by atoms with Crippen LogP contribution in [0.1, 0.15) is 57.5 Å². The molecule has 0 N–H and O–H groups in total. The summed E-state index contributed by atoms with van der Waals surface area (Å²) in [5.74, 6) is 0.334. The number of piperazine rings is 1. The molecule has 2 saturated heterocycles. The summed E-state index contributed by atoms with van der Waals surface area (Å²) in [6, 6.07) is 21.6. The van der Waals surface area contributed by atoms with Crippen LogP contribution in [-0.2, 0) is 21.8 Å². The number of ether oxygens (including phenoxy) is 3. The number of tetrazole rings is 1. The second kappa shape index (κ2) is 15.3. The zero-order valence-electron chi connectivity index (χ0n) is 29.7. The van der Waals surface area contributed by atoms with Gasteiger partial charge >= 0.3 is 5.69 Å². The van der Waals surface area contributed by atoms with E-state index < -0.39 is 5.79 Å². The Morgan fingerprint density at radius 2 is 1.58 bits per heavy atom. The summed E-state index contributed by atoms with van der Waals surface area (Å²) in [7, 11) is 0. The standard InChI is InChI=1S/C37H43Cl2N9O4/c1-5-26(4)48-36(49)46(24-40-48)30-9-7-28(8-10-30)44-16-18-45(19-17-44)29-11-13-31(14-12-29)50-21-32-22-51-37(52-32,33-15-6-27(38)20-34(33)39)23-47-35(25(2)3)41-42-43-47/h6-15,20,24-26,32H,5,16-19,21-23H2,1-4H3/t26-,32-,37-/m1/s1. The predicted octanol–water partition coefficient (Wildman–Crippen LogP) is 6.10. The topological polar surface area (TPSA) is 118 Å². The maximum atomic E-state index is 12.8. The first-order valence-electron chi connectivity index (χ1n) is 17.7. The number of hydrogen-bond acceptors (Lipinski definition) is 10. The summed E-state index contributed by atoms with van der Waals surface area (Å²) in [5.41, 5.74) is 3.61. The molecule has 13 nitrogen and oxygen atoms in total. The average Bonchev–Trinajstić information content (AvgIpc) is 3.90. The maximum absolute atomic E-state index is 12.8. The van der Waals surface area contributed by atoms with Gasteiger partial charge in [0.05, 0.1) is 23.4 Å². The van der Waals surface area contributed by atoms with Crippen molar-refractivity contribution in [1.82, 2.24) is 34.6 Å². The van der Waals surface area contributed by atoms with Crippen LogP contribution in [0.4, 0.5) is 11.4 Å². The van der Waals surface area contributed by atoms with Gasteiger partial charge < -0.3 is 24.0 Å². The lowest BCUT2D eigenvalue weighted by Gasteiger charge is -2.37. The molecule has 52 heavy (non-hydrogen) atoms. The van der Waals surface area contributed by atoms with E-state index in [9.17, 15) is 4.79 Å². The Kier molecular flexibility index (Phi) is 10.6. The minimum atomic E-state index is -1.22. The molecular weight excluding hydrogens is 705 g/mol. The molecule has 3 atom stereocenters. The van der Waals surface area contributed by atoms with Gasteiger partial charge in [-0.25, -0.2) is 18.7 Å². The molecule has 0 spiro atoms. The fraction of sp³-hybridized carbons (Fsp3) is 0.432. The average molecular weight is 749 g/mol. The van der Waals surface area contributed by atoms with E-state index >= 15 is 0 Å². The van der Waals surface area contributed by atoms with Crippen LogP contribution in [0.3, 0.4) is 0 Å². The molecule has 4 heterocycles. The van der Waals surface area contributed by atoms with Gasteiger partial charge in [-0.3, -0.25) is 0 Å². The summed E-state index contributed by atoms with van der Waals surface area (Å²) < 4.78 is 24.0.